The van der Waals surface area contributed by atoms with E-state index < -0.39 is 5.97 Å². The first-order valence-corrected chi connectivity index (χ1v) is 8.49. The van der Waals surface area contributed by atoms with E-state index in [1.807, 2.05) is 31.2 Å². The Balaban J connectivity index is 1.90. The van der Waals surface area contributed by atoms with E-state index in [2.05, 4.69) is 28.7 Å². The average molecular weight is 351 g/mol. The molecule has 3 rings (SSSR count). The van der Waals surface area contributed by atoms with Crippen molar-refractivity contribution in [3.05, 3.63) is 65.5 Å². The van der Waals surface area contributed by atoms with Crippen LogP contribution in [0, 0.1) is 0 Å². The Morgan fingerprint density at radius 2 is 1.73 bits per heavy atom. The van der Waals surface area contributed by atoms with E-state index >= 15 is 0 Å². The lowest BCUT2D eigenvalue weighted by Gasteiger charge is -2.19. The summed E-state index contributed by atoms with van der Waals surface area (Å²) >= 11 is 0. The topological polar surface area (TPSA) is 84.2 Å². The van der Waals surface area contributed by atoms with E-state index in [-0.39, 0.29) is 23.6 Å². The van der Waals surface area contributed by atoms with Gasteiger partial charge in [0.15, 0.2) is 0 Å². The van der Waals surface area contributed by atoms with Crippen molar-refractivity contribution in [1.82, 2.24) is 14.9 Å². The summed E-state index contributed by atoms with van der Waals surface area (Å²) in [4.78, 5) is 28.3. The molecule has 2 aromatic carbocycles. The number of aromatic carboxylic acids is 1. The number of carbonyl (C=O) groups is 2. The highest BCUT2D eigenvalue weighted by molar-refractivity contribution is 5.97. The number of fused-ring (bicyclic) bond motifs is 1. The summed E-state index contributed by atoms with van der Waals surface area (Å²) in [6.07, 6.45) is 0. The highest BCUT2D eigenvalue weighted by Crippen LogP contribution is 2.25. The normalized spacial score (nSPS) is 12.3. The predicted octanol–water partition coefficient (Wildman–Crippen LogP) is 3.81. The maximum atomic E-state index is 12.6. The lowest BCUT2D eigenvalue weighted by molar-refractivity contribution is 0.0697. The summed E-state index contributed by atoms with van der Waals surface area (Å²) in [6, 6.07) is 13.7. The number of rotatable bonds is 5. The molecule has 0 aliphatic heterocycles. The molecule has 1 unspecified atom stereocenters. The Bertz CT molecular complexity index is 975. The molecule has 0 aliphatic rings. The molecule has 6 heteroatoms. The van der Waals surface area contributed by atoms with E-state index in [9.17, 15) is 9.59 Å². The van der Waals surface area contributed by atoms with Crippen molar-refractivity contribution in [2.75, 3.05) is 0 Å². The van der Waals surface area contributed by atoms with Gasteiger partial charge in [-0.05, 0) is 51.1 Å². The van der Waals surface area contributed by atoms with Crippen molar-refractivity contribution in [3.63, 3.8) is 0 Å². The molecule has 0 aliphatic carbocycles. The highest BCUT2D eigenvalue weighted by Gasteiger charge is 2.20. The minimum absolute atomic E-state index is 0.0831. The van der Waals surface area contributed by atoms with Gasteiger partial charge in [-0.15, -0.1) is 0 Å². The number of nitrogens with one attached hydrogen (secondary N) is 1. The lowest BCUT2D eigenvalue weighted by Crippen LogP contribution is -2.29. The third-order valence-corrected chi connectivity index (χ3v) is 4.25. The van der Waals surface area contributed by atoms with Crippen LogP contribution in [0.3, 0.4) is 0 Å². The van der Waals surface area contributed by atoms with E-state index in [1.54, 1.807) is 12.1 Å². The SMILES string of the molecule is CC(NC(=O)c1cccc(C(=O)O)c1)c1nc2ccccc2n1C(C)C. The molecule has 26 heavy (non-hydrogen) atoms. The molecule has 0 radical (unpaired) electrons. The number of hydrogen-bond donors (Lipinski definition) is 2. The van der Waals surface area contributed by atoms with Crippen molar-refractivity contribution < 1.29 is 14.7 Å². The fraction of sp³-hybridized carbons (Fsp3) is 0.250. The van der Waals surface area contributed by atoms with Crippen LogP contribution >= 0.6 is 0 Å². The fourth-order valence-corrected chi connectivity index (χ4v) is 3.05. The third-order valence-electron chi connectivity index (χ3n) is 4.25. The monoisotopic (exact) mass is 351 g/mol. The molecule has 1 aromatic heterocycles. The molecule has 6 nitrogen and oxygen atoms in total. The van der Waals surface area contributed by atoms with Crippen LogP contribution in [0.25, 0.3) is 11.0 Å². The summed E-state index contributed by atoms with van der Waals surface area (Å²) in [5.41, 5.74) is 2.29. The third kappa shape index (κ3) is 3.31. The van der Waals surface area contributed by atoms with Crippen molar-refractivity contribution in [2.24, 2.45) is 0 Å². The van der Waals surface area contributed by atoms with Crippen LogP contribution in [0.4, 0.5) is 0 Å². The summed E-state index contributed by atoms with van der Waals surface area (Å²) < 4.78 is 2.11. The Kier molecular flexibility index (Phi) is 4.75. The van der Waals surface area contributed by atoms with Gasteiger partial charge in [0.1, 0.15) is 5.82 Å². The fourth-order valence-electron chi connectivity index (χ4n) is 3.05. The zero-order valence-electron chi connectivity index (χ0n) is 14.9. The summed E-state index contributed by atoms with van der Waals surface area (Å²) in [7, 11) is 0. The molecule has 1 atom stereocenters. The van der Waals surface area contributed by atoms with Crippen LogP contribution < -0.4 is 5.32 Å². The number of carboxylic acids is 1. The maximum absolute atomic E-state index is 12.6. The van der Waals surface area contributed by atoms with Crippen molar-refractivity contribution in [3.8, 4) is 0 Å². The van der Waals surface area contributed by atoms with Gasteiger partial charge in [0, 0.05) is 11.6 Å². The molecule has 0 saturated carbocycles. The number of aromatic nitrogens is 2. The van der Waals surface area contributed by atoms with Gasteiger partial charge in [-0.3, -0.25) is 4.79 Å². The number of benzene rings is 2. The number of nitrogens with zero attached hydrogens (tertiary/aromatic N) is 2. The van der Waals surface area contributed by atoms with Gasteiger partial charge in [0.25, 0.3) is 5.91 Å². The maximum Gasteiger partial charge on any atom is 0.335 e. The van der Waals surface area contributed by atoms with E-state index in [1.165, 1.54) is 12.1 Å². The number of carbonyl (C=O) groups excluding carboxylic acids is 1. The second-order valence-corrected chi connectivity index (χ2v) is 6.50. The zero-order chi connectivity index (χ0) is 18.8. The smallest absolute Gasteiger partial charge is 0.335 e. The van der Waals surface area contributed by atoms with Crippen LogP contribution in [-0.4, -0.2) is 26.5 Å². The molecular weight excluding hydrogens is 330 g/mol. The number of para-hydroxylation sites is 2. The first kappa shape index (κ1) is 17.7. The van der Waals surface area contributed by atoms with Crippen LogP contribution in [0.15, 0.2) is 48.5 Å². The summed E-state index contributed by atoms with van der Waals surface area (Å²) in [5.74, 6) is -0.624. The Labute approximate surface area is 151 Å². The lowest BCUT2D eigenvalue weighted by atomic mass is 10.1. The van der Waals surface area contributed by atoms with Crippen molar-refractivity contribution >= 4 is 22.9 Å². The summed E-state index contributed by atoms with van der Waals surface area (Å²) in [5, 5.41) is 12.0. The quantitative estimate of drug-likeness (QED) is 0.732. The molecule has 0 saturated heterocycles. The standard InChI is InChI=1S/C20H21N3O3/c1-12(2)23-17-10-5-4-9-16(17)22-18(23)13(3)21-19(24)14-7-6-8-15(11-14)20(25)26/h4-13H,1-3H3,(H,21,24)(H,25,26). The second-order valence-electron chi connectivity index (χ2n) is 6.50. The first-order chi connectivity index (χ1) is 12.4. The molecular formula is C20H21N3O3. The largest absolute Gasteiger partial charge is 0.478 e. The molecule has 3 aromatic rings. The van der Waals surface area contributed by atoms with Crippen LogP contribution in [0.1, 0.15) is 59.4 Å². The molecule has 2 N–H and O–H groups in total. The van der Waals surface area contributed by atoms with E-state index in [0.29, 0.717) is 5.56 Å². The van der Waals surface area contributed by atoms with Crippen LogP contribution in [0.5, 0.6) is 0 Å². The second kappa shape index (κ2) is 7.00. The minimum Gasteiger partial charge on any atom is -0.478 e. The van der Waals surface area contributed by atoms with Crippen molar-refractivity contribution in [1.29, 1.82) is 0 Å². The van der Waals surface area contributed by atoms with Gasteiger partial charge in [-0.1, -0.05) is 18.2 Å². The van der Waals surface area contributed by atoms with Crippen molar-refractivity contribution in [2.45, 2.75) is 32.9 Å². The van der Waals surface area contributed by atoms with Crippen LogP contribution in [0.2, 0.25) is 0 Å². The Morgan fingerprint density at radius 1 is 1.04 bits per heavy atom. The molecule has 134 valence electrons. The minimum atomic E-state index is -1.06. The molecule has 1 amide bonds. The number of imidazole rings is 1. The first-order valence-electron chi connectivity index (χ1n) is 8.49. The van der Waals surface area contributed by atoms with E-state index in [0.717, 1.165) is 16.9 Å². The van der Waals surface area contributed by atoms with Gasteiger partial charge < -0.3 is 15.0 Å². The zero-order valence-corrected chi connectivity index (χ0v) is 14.9. The Morgan fingerprint density at radius 3 is 2.42 bits per heavy atom. The predicted molar refractivity (Wildman–Crippen MR) is 99.4 cm³/mol. The Hall–Kier alpha value is -3.15. The molecule has 0 bridgehead atoms. The van der Waals surface area contributed by atoms with Gasteiger partial charge >= 0.3 is 5.97 Å². The number of amides is 1. The highest BCUT2D eigenvalue weighted by atomic mass is 16.4. The van der Waals surface area contributed by atoms with Crippen LogP contribution in [-0.2, 0) is 0 Å². The average Bonchev–Trinajstić information content (AvgIpc) is 3.01. The van der Waals surface area contributed by atoms with Gasteiger partial charge in [-0.2, -0.15) is 0 Å². The number of carboxylic acid groups (broad SMARTS) is 1. The van der Waals surface area contributed by atoms with E-state index in [4.69, 9.17) is 5.11 Å². The van der Waals surface area contributed by atoms with Gasteiger partial charge in [0.05, 0.1) is 22.6 Å². The molecule has 0 fully saturated rings. The molecule has 0 spiro atoms. The summed E-state index contributed by atoms with van der Waals surface area (Å²) in [6.45, 7) is 6.02. The van der Waals surface area contributed by atoms with Gasteiger partial charge in [0.2, 0.25) is 0 Å². The molecule has 1 heterocycles. The number of hydrogen-bond acceptors (Lipinski definition) is 3. The van der Waals surface area contributed by atoms with Gasteiger partial charge in [-0.25, -0.2) is 9.78 Å².